The van der Waals surface area contributed by atoms with Crippen molar-refractivity contribution in [1.29, 1.82) is 0 Å². The smallest absolute Gasteiger partial charge is 0.119 e. The Hall–Kier alpha value is -2.65. The molecule has 122 valence electrons. The van der Waals surface area contributed by atoms with Crippen LogP contribution in [0.5, 0.6) is 5.75 Å². The summed E-state index contributed by atoms with van der Waals surface area (Å²) in [5.41, 5.74) is 5.22. The molecule has 0 aliphatic heterocycles. The quantitative estimate of drug-likeness (QED) is 0.733. The molecule has 3 aromatic rings. The molecule has 2 aromatic carbocycles. The molecule has 24 heavy (non-hydrogen) atoms. The van der Waals surface area contributed by atoms with Crippen LogP contribution in [0.2, 0.25) is 0 Å². The van der Waals surface area contributed by atoms with Crippen LogP contribution < -0.4 is 4.74 Å². The lowest BCUT2D eigenvalue weighted by Crippen LogP contribution is -1.96. The van der Waals surface area contributed by atoms with E-state index in [1.807, 2.05) is 54.7 Å². The molecule has 1 N–H and O–H groups in total. The van der Waals surface area contributed by atoms with Crippen molar-refractivity contribution in [3.63, 3.8) is 0 Å². The molecule has 0 aliphatic carbocycles. The molecule has 1 heterocycles. The molecule has 3 rings (SSSR count). The number of aliphatic hydroxyl groups is 1. The van der Waals surface area contributed by atoms with Gasteiger partial charge in [0.05, 0.1) is 12.3 Å². The highest BCUT2D eigenvalue weighted by molar-refractivity contribution is 5.60. The summed E-state index contributed by atoms with van der Waals surface area (Å²) >= 11 is 0. The minimum Gasteiger partial charge on any atom is -0.489 e. The van der Waals surface area contributed by atoms with Crippen LogP contribution in [0.1, 0.15) is 23.6 Å². The van der Waals surface area contributed by atoms with Crippen molar-refractivity contribution in [2.24, 2.45) is 0 Å². The molecule has 0 aliphatic rings. The summed E-state index contributed by atoms with van der Waals surface area (Å²) in [5.74, 6) is 0.818. The average molecular weight is 319 g/mol. The van der Waals surface area contributed by atoms with Gasteiger partial charge in [0.25, 0.3) is 0 Å². The molecule has 0 bridgehead atoms. The van der Waals surface area contributed by atoms with Crippen molar-refractivity contribution in [2.45, 2.75) is 26.6 Å². The summed E-state index contributed by atoms with van der Waals surface area (Å²) in [6, 6.07) is 19.9. The minimum absolute atomic E-state index is 0.0480. The van der Waals surface area contributed by atoms with E-state index in [0.29, 0.717) is 6.61 Å². The molecule has 0 amide bonds. The van der Waals surface area contributed by atoms with Crippen LogP contribution >= 0.6 is 0 Å². The summed E-state index contributed by atoms with van der Waals surface area (Å²) < 4.78 is 5.82. The number of hydrogen-bond donors (Lipinski definition) is 1. The van der Waals surface area contributed by atoms with Crippen molar-refractivity contribution >= 4 is 0 Å². The van der Waals surface area contributed by atoms with Crippen molar-refractivity contribution in [2.75, 3.05) is 0 Å². The van der Waals surface area contributed by atoms with Gasteiger partial charge in [-0.25, -0.2) is 0 Å². The molecule has 0 atom stereocenters. The number of aliphatic hydroxyl groups excluding tert-OH is 1. The summed E-state index contributed by atoms with van der Waals surface area (Å²) in [6.45, 7) is 2.65. The van der Waals surface area contributed by atoms with Crippen LogP contribution in [0.15, 0.2) is 66.9 Å². The van der Waals surface area contributed by atoms with Gasteiger partial charge in [0, 0.05) is 11.8 Å². The highest BCUT2D eigenvalue weighted by Crippen LogP contribution is 2.21. The Bertz CT molecular complexity index is 780. The molecular weight excluding hydrogens is 298 g/mol. The van der Waals surface area contributed by atoms with E-state index in [1.165, 1.54) is 5.56 Å². The fourth-order valence-corrected chi connectivity index (χ4v) is 2.51. The maximum Gasteiger partial charge on any atom is 0.119 e. The molecule has 3 nitrogen and oxygen atoms in total. The summed E-state index contributed by atoms with van der Waals surface area (Å²) in [4.78, 5) is 4.50. The van der Waals surface area contributed by atoms with Crippen LogP contribution in [0, 0.1) is 0 Å². The zero-order valence-electron chi connectivity index (χ0n) is 13.8. The highest BCUT2D eigenvalue weighted by Gasteiger charge is 2.02. The topological polar surface area (TPSA) is 42.4 Å². The molecule has 0 saturated heterocycles. The van der Waals surface area contributed by atoms with Gasteiger partial charge in [0.1, 0.15) is 12.4 Å². The number of benzene rings is 2. The first-order chi connectivity index (χ1) is 11.8. The molecule has 0 unspecified atom stereocenters. The Morgan fingerprint density at radius 2 is 1.71 bits per heavy atom. The number of hydrogen-bond acceptors (Lipinski definition) is 3. The fraction of sp³-hybridized carbons (Fsp3) is 0.190. The molecule has 0 spiro atoms. The standard InChI is InChI=1S/C21H21NO2/c1-2-16-6-11-21(22-13-16)19-7-9-20(10-8-19)24-15-18-5-3-4-17(12-18)14-23/h3-13,23H,2,14-15H2,1H3. The van der Waals surface area contributed by atoms with Gasteiger partial charge in [-0.05, 0) is 53.4 Å². The first-order valence-corrected chi connectivity index (χ1v) is 8.15. The molecule has 3 heteroatoms. The predicted molar refractivity (Wildman–Crippen MR) is 95.7 cm³/mol. The minimum atomic E-state index is 0.0480. The summed E-state index contributed by atoms with van der Waals surface area (Å²) in [5, 5.41) is 9.17. The SMILES string of the molecule is CCc1ccc(-c2ccc(OCc3cccc(CO)c3)cc2)nc1. The third-order valence-corrected chi connectivity index (χ3v) is 3.96. The Kier molecular flexibility index (Phi) is 5.24. The normalized spacial score (nSPS) is 10.6. The van der Waals surface area contributed by atoms with Gasteiger partial charge in [-0.15, -0.1) is 0 Å². The number of pyridine rings is 1. The van der Waals surface area contributed by atoms with Crippen LogP contribution in [0.4, 0.5) is 0 Å². The van der Waals surface area contributed by atoms with Gasteiger partial charge >= 0.3 is 0 Å². The van der Waals surface area contributed by atoms with E-state index in [2.05, 4.69) is 24.0 Å². The molecule has 0 radical (unpaired) electrons. The lowest BCUT2D eigenvalue weighted by Gasteiger charge is -2.08. The first kappa shape index (κ1) is 16.2. The third kappa shape index (κ3) is 4.00. The zero-order valence-corrected chi connectivity index (χ0v) is 13.8. The zero-order chi connectivity index (χ0) is 16.8. The second-order valence-corrected chi connectivity index (χ2v) is 5.70. The average Bonchev–Trinajstić information content (AvgIpc) is 2.67. The Balaban J connectivity index is 1.65. The van der Waals surface area contributed by atoms with Crippen molar-refractivity contribution in [1.82, 2.24) is 4.98 Å². The second-order valence-electron chi connectivity index (χ2n) is 5.70. The summed E-state index contributed by atoms with van der Waals surface area (Å²) in [7, 11) is 0. The van der Waals surface area contributed by atoms with Gasteiger partial charge in [-0.3, -0.25) is 4.98 Å². The lowest BCUT2D eigenvalue weighted by molar-refractivity contribution is 0.280. The van der Waals surface area contributed by atoms with Gasteiger partial charge < -0.3 is 9.84 Å². The van der Waals surface area contributed by atoms with Crippen LogP contribution in [-0.2, 0) is 19.6 Å². The Morgan fingerprint density at radius 1 is 0.917 bits per heavy atom. The van der Waals surface area contributed by atoms with E-state index in [0.717, 1.165) is 34.6 Å². The number of ether oxygens (including phenoxy) is 1. The van der Waals surface area contributed by atoms with E-state index in [9.17, 15) is 5.11 Å². The van der Waals surface area contributed by atoms with Gasteiger partial charge in [-0.1, -0.05) is 37.3 Å². The summed E-state index contributed by atoms with van der Waals surface area (Å²) in [6.07, 6.45) is 2.92. The van der Waals surface area contributed by atoms with E-state index in [1.54, 1.807) is 0 Å². The predicted octanol–water partition coefficient (Wildman–Crippen LogP) is 4.38. The van der Waals surface area contributed by atoms with Gasteiger partial charge in [0.15, 0.2) is 0 Å². The van der Waals surface area contributed by atoms with Crippen LogP contribution in [0.3, 0.4) is 0 Å². The maximum atomic E-state index is 9.17. The maximum absolute atomic E-state index is 9.17. The van der Waals surface area contributed by atoms with Gasteiger partial charge in [0.2, 0.25) is 0 Å². The van der Waals surface area contributed by atoms with Crippen molar-refractivity contribution in [3.05, 3.63) is 83.6 Å². The Morgan fingerprint density at radius 3 is 2.38 bits per heavy atom. The molecule has 1 aromatic heterocycles. The highest BCUT2D eigenvalue weighted by atomic mass is 16.5. The lowest BCUT2D eigenvalue weighted by atomic mass is 10.1. The second kappa shape index (κ2) is 7.75. The Labute approximate surface area is 142 Å². The molecule has 0 fully saturated rings. The number of aromatic nitrogens is 1. The monoisotopic (exact) mass is 319 g/mol. The van der Waals surface area contributed by atoms with E-state index in [4.69, 9.17) is 4.74 Å². The third-order valence-electron chi connectivity index (χ3n) is 3.96. The molecular formula is C21H21NO2. The van der Waals surface area contributed by atoms with E-state index >= 15 is 0 Å². The molecule has 0 saturated carbocycles. The number of aryl methyl sites for hydroxylation is 1. The van der Waals surface area contributed by atoms with Gasteiger partial charge in [-0.2, -0.15) is 0 Å². The van der Waals surface area contributed by atoms with Crippen molar-refractivity contribution in [3.8, 4) is 17.0 Å². The first-order valence-electron chi connectivity index (χ1n) is 8.15. The number of rotatable bonds is 6. The fourth-order valence-electron chi connectivity index (χ4n) is 2.51. The van der Waals surface area contributed by atoms with Crippen LogP contribution in [0.25, 0.3) is 11.3 Å². The largest absolute Gasteiger partial charge is 0.489 e. The van der Waals surface area contributed by atoms with Crippen LogP contribution in [-0.4, -0.2) is 10.1 Å². The number of nitrogens with zero attached hydrogens (tertiary/aromatic N) is 1. The van der Waals surface area contributed by atoms with Crippen molar-refractivity contribution < 1.29 is 9.84 Å². The van der Waals surface area contributed by atoms with E-state index in [-0.39, 0.29) is 6.61 Å². The van der Waals surface area contributed by atoms with E-state index < -0.39 is 0 Å².